The van der Waals surface area contributed by atoms with Crippen LogP contribution in [0.2, 0.25) is 5.02 Å². The SMILES string of the molecule is Cn1ncc(-c2ccc3c(=O)[nH]nc(CN4C(=O)c5ccccc5C4=O)c3c2)c1-c1c(F)c(Cl)cc(OC2(C)CC2)c1C#N. The number of halogens is 2. The highest BCUT2D eigenvalue weighted by Crippen LogP contribution is 2.46. The van der Waals surface area contributed by atoms with Crippen LogP contribution in [0.3, 0.4) is 0 Å². The number of hydrogen-bond donors (Lipinski definition) is 1. The van der Waals surface area contributed by atoms with Gasteiger partial charge in [0.2, 0.25) is 0 Å². The normalized spacial score (nSPS) is 15.0. The number of nitriles is 1. The van der Waals surface area contributed by atoms with Crippen molar-refractivity contribution >= 4 is 34.2 Å². The third-order valence-electron chi connectivity index (χ3n) is 8.15. The molecule has 0 saturated heterocycles. The number of nitrogens with one attached hydrogen (secondary N) is 1. The molecule has 1 saturated carbocycles. The maximum atomic E-state index is 15.8. The Morgan fingerprint density at radius 1 is 1.07 bits per heavy atom. The van der Waals surface area contributed by atoms with Crippen molar-refractivity contribution in [3.8, 4) is 34.2 Å². The van der Waals surface area contributed by atoms with Gasteiger partial charge < -0.3 is 4.74 Å². The fourth-order valence-electron chi connectivity index (χ4n) is 5.55. The number of hydrogen-bond acceptors (Lipinski definition) is 7. The van der Waals surface area contributed by atoms with Crippen molar-refractivity contribution in [1.29, 1.82) is 5.26 Å². The minimum Gasteiger partial charge on any atom is -0.486 e. The number of imide groups is 1. The summed E-state index contributed by atoms with van der Waals surface area (Å²) in [6.45, 7) is 1.72. The number of benzene rings is 3. The van der Waals surface area contributed by atoms with Gasteiger partial charge in [0.1, 0.15) is 23.0 Å². The predicted octanol–water partition coefficient (Wildman–Crippen LogP) is 5.38. The Labute approximate surface area is 254 Å². The Hall–Kier alpha value is -5.34. The molecule has 1 aliphatic carbocycles. The Morgan fingerprint density at radius 3 is 2.43 bits per heavy atom. The molecule has 44 heavy (non-hydrogen) atoms. The lowest BCUT2D eigenvalue weighted by Crippen LogP contribution is -2.30. The smallest absolute Gasteiger partial charge is 0.272 e. The molecule has 3 heterocycles. The number of amides is 2. The van der Waals surface area contributed by atoms with Gasteiger partial charge in [0.25, 0.3) is 17.4 Å². The van der Waals surface area contributed by atoms with Gasteiger partial charge in [-0.1, -0.05) is 29.8 Å². The van der Waals surface area contributed by atoms with Crippen LogP contribution in [0.25, 0.3) is 33.2 Å². The van der Waals surface area contributed by atoms with Crippen LogP contribution in [0.1, 0.15) is 51.7 Å². The molecular weight excluding hydrogens is 587 g/mol. The molecule has 2 aromatic heterocycles. The number of H-pyrrole nitrogens is 1. The predicted molar refractivity (Wildman–Crippen MR) is 159 cm³/mol. The number of nitrogens with zero attached hydrogens (tertiary/aromatic N) is 5. The minimum atomic E-state index is -0.799. The summed E-state index contributed by atoms with van der Waals surface area (Å²) in [5, 5.41) is 21.6. The van der Waals surface area contributed by atoms with Crippen LogP contribution in [-0.2, 0) is 13.6 Å². The molecular formula is C32H22ClFN6O4. The zero-order chi connectivity index (χ0) is 30.9. The summed E-state index contributed by atoms with van der Waals surface area (Å²) in [7, 11) is 1.62. The highest BCUT2D eigenvalue weighted by Gasteiger charge is 2.41. The molecule has 1 N–H and O–H groups in total. The lowest BCUT2D eigenvalue weighted by atomic mass is 9.95. The van der Waals surface area contributed by atoms with Crippen molar-refractivity contribution in [1.82, 2.24) is 24.9 Å². The average Bonchev–Trinajstić information content (AvgIpc) is 3.55. The topological polar surface area (TPSA) is 134 Å². The average molecular weight is 609 g/mol. The summed E-state index contributed by atoms with van der Waals surface area (Å²) < 4.78 is 23.3. The van der Waals surface area contributed by atoms with Crippen LogP contribution >= 0.6 is 11.6 Å². The maximum absolute atomic E-state index is 15.8. The lowest BCUT2D eigenvalue weighted by Gasteiger charge is -2.18. The van der Waals surface area contributed by atoms with Gasteiger partial charge in [-0.3, -0.25) is 24.0 Å². The van der Waals surface area contributed by atoms with Gasteiger partial charge in [0.15, 0.2) is 5.82 Å². The van der Waals surface area contributed by atoms with E-state index in [9.17, 15) is 19.6 Å². The third-order valence-corrected chi connectivity index (χ3v) is 8.42. The van der Waals surface area contributed by atoms with Crippen molar-refractivity contribution < 1.29 is 18.7 Å². The molecule has 2 amide bonds. The number of aromatic nitrogens is 4. The van der Waals surface area contributed by atoms with Gasteiger partial charge in [-0.2, -0.15) is 15.5 Å². The van der Waals surface area contributed by atoms with Crippen molar-refractivity contribution in [2.45, 2.75) is 31.9 Å². The maximum Gasteiger partial charge on any atom is 0.272 e. The van der Waals surface area contributed by atoms with E-state index >= 15 is 4.39 Å². The van der Waals surface area contributed by atoms with Crippen LogP contribution in [0.15, 0.2) is 59.5 Å². The summed E-state index contributed by atoms with van der Waals surface area (Å²) in [5.74, 6) is -1.54. The van der Waals surface area contributed by atoms with E-state index < -0.39 is 28.8 Å². The Morgan fingerprint density at radius 2 is 1.77 bits per heavy atom. The molecule has 7 rings (SSSR count). The molecule has 12 heteroatoms. The molecule has 3 aromatic carbocycles. The molecule has 0 bridgehead atoms. The molecule has 0 atom stereocenters. The van der Waals surface area contributed by atoms with Crippen molar-refractivity contribution in [2.24, 2.45) is 7.05 Å². The summed E-state index contributed by atoms with van der Waals surface area (Å²) in [4.78, 5) is 39.9. The molecule has 1 aliphatic heterocycles. The Balaban J connectivity index is 1.36. The van der Waals surface area contributed by atoms with E-state index in [1.807, 2.05) is 6.92 Å². The first-order valence-electron chi connectivity index (χ1n) is 13.7. The molecule has 0 spiro atoms. The number of aryl methyl sites for hydroxylation is 1. The van der Waals surface area contributed by atoms with Crippen molar-refractivity contribution in [2.75, 3.05) is 0 Å². The fourth-order valence-corrected chi connectivity index (χ4v) is 5.74. The van der Waals surface area contributed by atoms with Crippen molar-refractivity contribution in [3.05, 3.63) is 98.3 Å². The first kappa shape index (κ1) is 27.5. The van der Waals surface area contributed by atoms with Gasteiger partial charge in [-0.15, -0.1) is 0 Å². The quantitative estimate of drug-likeness (QED) is 0.256. The zero-order valence-electron chi connectivity index (χ0n) is 23.4. The molecule has 1 fully saturated rings. The Bertz CT molecular complexity index is 2140. The van der Waals surface area contributed by atoms with Crippen LogP contribution in [0.5, 0.6) is 5.75 Å². The highest BCUT2D eigenvalue weighted by molar-refractivity contribution is 6.31. The molecule has 218 valence electrons. The van der Waals surface area contributed by atoms with E-state index in [4.69, 9.17) is 16.3 Å². The second-order valence-corrected chi connectivity index (χ2v) is 11.5. The van der Waals surface area contributed by atoms with Crippen LogP contribution < -0.4 is 10.3 Å². The molecule has 0 radical (unpaired) electrons. The number of carbonyl (C=O) groups is 2. The van der Waals surface area contributed by atoms with E-state index in [2.05, 4.69) is 21.4 Å². The summed E-state index contributed by atoms with van der Waals surface area (Å²) in [6.07, 6.45) is 3.12. The second-order valence-electron chi connectivity index (χ2n) is 11.1. The van der Waals surface area contributed by atoms with Gasteiger partial charge in [-0.25, -0.2) is 9.49 Å². The monoisotopic (exact) mass is 608 g/mol. The van der Waals surface area contributed by atoms with E-state index in [0.29, 0.717) is 27.6 Å². The van der Waals surface area contributed by atoms with Gasteiger partial charge in [0.05, 0.1) is 51.2 Å². The molecule has 5 aromatic rings. The number of rotatable bonds is 6. The third kappa shape index (κ3) is 4.26. The zero-order valence-corrected chi connectivity index (χ0v) is 24.2. The number of ether oxygens (including phenoxy) is 1. The van der Waals surface area contributed by atoms with E-state index in [0.717, 1.165) is 17.7 Å². The number of carbonyl (C=O) groups excluding carboxylic acids is 2. The summed E-state index contributed by atoms with van der Waals surface area (Å²) in [6, 6.07) is 14.9. The standard InChI is InChI=1S/C32H22ClFN6O4/c1-32(9-10-32)44-25-12-23(33)27(34)26(21(25)13-35)28-22(14-36-39(28)2)16-7-8-17-20(11-16)24(37-38-29(17)41)15-40-30(42)18-5-3-4-6-19(18)31(40)43/h3-8,11-12,14H,9-10,15H2,1-2H3,(H,38,41). The van der Waals surface area contributed by atoms with E-state index in [1.54, 1.807) is 49.5 Å². The fraction of sp³-hybridized carbons (Fsp3) is 0.188. The second kappa shape index (κ2) is 9.86. The van der Waals surface area contributed by atoms with Crippen LogP contribution in [0, 0.1) is 17.1 Å². The first-order valence-corrected chi connectivity index (χ1v) is 14.1. The van der Waals surface area contributed by atoms with Gasteiger partial charge in [-0.05, 0) is 49.6 Å². The molecule has 2 aliphatic rings. The number of fused-ring (bicyclic) bond motifs is 2. The highest BCUT2D eigenvalue weighted by atomic mass is 35.5. The van der Waals surface area contributed by atoms with Crippen molar-refractivity contribution in [3.63, 3.8) is 0 Å². The minimum absolute atomic E-state index is 0.0184. The molecule has 10 nitrogen and oxygen atoms in total. The number of aromatic amines is 1. The summed E-state index contributed by atoms with van der Waals surface area (Å²) >= 11 is 6.32. The lowest BCUT2D eigenvalue weighted by molar-refractivity contribution is 0.0640. The van der Waals surface area contributed by atoms with Crippen LogP contribution in [0.4, 0.5) is 4.39 Å². The Kier molecular flexibility index (Phi) is 6.16. The first-order chi connectivity index (χ1) is 21.1. The largest absolute Gasteiger partial charge is 0.486 e. The van der Waals surface area contributed by atoms with Gasteiger partial charge >= 0.3 is 0 Å². The van der Waals surface area contributed by atoms with Crippen LogP contribution in [-0.4, -0.2) is 42.3 Å². The van der Waals surface area contributed by atoms with Gasteiger partial charge in [0, 0.05) is 24.1 Å². The summed E-state index contributed by atoms with van der Waals surface area (Å²) in [5.41, 5.74) is 1.11. The van der Waals surface area contributed by atoms with E-state index in [-0.39, 0.29) is 45.2 Å². The molecule has 0 unspecified atom stereocenters. The van der Waals surface area contributed by atoms with E-state index in [1.165, 1.54) is 16.9 Å².